The number of halogens is 3. The zero-order valence-electron chi connectivity index (χ0n) is 14.7. The molecule has 1 aromatic carbocycles. The van der Waals surface area contributed by atoms with Crippen LogP contribution in [-0.2, 0) is 12.6 Å². The number of likely N-dealkylation sites (tertiary alicyclic amines) is 1. The Kier molecular flexibility index (Phi) is 5.68. The number of aromatic hydroxyl groups is 1. The SMILES string of the molecule is O=C(c1ccc(O)cn1)N1CCCC(CCc2ccccc2C(F)(F)F)C1. The lowest BCUT2D eigenvalue weighted by Crippen LogP contribution is -2.40. The molecular formula is C20H21F3N2O2. The standard InChI is InChI=1S/C20H21F3N2O2/c21-20(22,23)17-6-2-1-5-15(17)8-7-14-4-3-11-25(13-14)19(27)18-10-9-16(26)12-24-18/h1-2,5-6,9-10,12,14,26H,3-4,7-8,11,13H2. The summed E-state index contributed by atoms with van der Waals surface area (Å²) in [5.41, 5.74) is -0.0217. The number of pyridine rings is 1. The first-order valence-electron chi connectivity index (χ1n) is 8.94. The monoisotopic (exact) mass is 378 g/mol. The van der Waals surface area contributed by atoms with Crippen molar-refractivity contribution in [3.8, 4) is 5.75 Å². The molecule has 1 aliphatic heterocycles. The molecule has 1 N–H and O–H groups in total. The lowest BCUT2D eigenvalue weighted by molar-refractivity contribution is -0.138. The van der Waals surface area contributed by atoms with E-state index >= 15 is 0 Å². The molecule has 3 rings (SSSR count). The maximum absolute atomic E-state index is 13.1. The van der Waals surface area contributed by atoms with Crippen LogP contribution in [0, 0.1) is 5.92 Å². The fourth-order valence-corrected chi connectivity index (χ4v) is 3.53. The highest BCUT2D eigenvalue weighted by atomic mass is 19.4. The van der Waals surface area contributed by atoms with Crippen LogP contribution in [0.2, 0.25) is 0 Å². The van der Waals surface area contributed by atoms with Gasteiger partial charge in [0.1, 0.15) is 11.4 Å². The third kappa shape index (κ3) is 4.78. The van der Waals surface area contributed by atoms with Gasteiger partial charge in [0, 0.05) is 13.1 Å². The predicted molar refractivity (Wildman–Crippen MR) is 94.3 cm³/mol. The maximum atomic E-state index is 13.1. The van der Waals surface area contributed by atoms with Gasteiger partial charge in [0.25, 0.3) is 5.91 Å². The Morgan fingerprint density at radius 1 is 1.22 bits per heavy atom. The van der Waals surface area contributed by atoms with Gasteiger partial charge in [-0.3, -0.25) is 4.79 Å². The number of aryl methyl sites for hydroxylation is 1. The van der Waals surface area contributed by atoms with E-state index in [4.69, 9.17) is 0 Å². The second-order valence-electron chi connectivity index (χ2n) is 6.85. The Labute approximate surface area is 155 Å². The summed E-state index contributed by atoms with van der Waals surface area (Å²) in [5.74, 6) is -0.0668. The van der Waals surface area contributed by atoms with Crippen molar-refractivity contribution >= 4 is 5.91 Å². The lowest BCUT2D eigenvalue weighted by Gasteiger charge is -2.32. The third-order valence-electron chi connectivity index (χ3n) is 4.92. The van der Waals surface area contributed by atoms with Crippen LogP contribution in [0.15, 0.2) is 42.6 Å². The molecule has 4 nitrogen and oxygen atoms in total. The molecule has 144 valence electrons. The highest BCUT2D eigenvalue weighted by Crippen LogP contribution is 2.33. The molecule has 1 fully saturated rings. The van der Waals surface area contributed by atoms with Crippen molar-refractivity contribution < 1.29 is 23.1 Å². The first kappa shape index (κ1) is 19.2. The van der Waals surface area contributed by atoms with E-state index in [0.29, 0.717) is 31.5 Å². The molecule has 1 atom stereocenters. The number of alkyl halides is 3. The zero-order chi connectivity index (χ0) is 19.4. The molecule has 0 aliphatic carbocycles. The van der Waals surface area contributed by atoms with Crippen molar-refractivity contribution in [1.29, 1.82) is 0 Å². The Morgan fingerprint density at radius 3 is 2.70 bits per heavy atom. The molecular weight excluding hydrogens is 357 g/mol. The number of piperidine rings is 1. The summed E-state index contributed by atoms with van der Waals surface area (Å²) in [7, 11) is 0. The van der Waals surface area contributed by atoms with Crippen LogP contribution in [0.1, 0.15) is 40.9 Å². The Balaban J connectivity index is 1.62. The van der Waals surface area contributed by atoms with Crippen molar-refractivity contribution in [1.82, 2.24) is 9.88 Å². The predicted octanol–water partition coefficient (Wildman–Crippen LogP) is 4.29. The van der Waals surface area contributed by atoms with Crippen LogP contribution in [0.4, 0.5) is 13.2 Å². The van der Waals surface area contributed by atoms with Crippen molar-refractivity contribution in [2.45, 2.75) is 31.9 Å². The number of amides is 1. The topological polar surface area (TPSA) is 53.4 Å². The Morgan fingerprint density at radius 2 is 2.00 bits per heavy atom. The molecule has 2 heterocycles. The van der Waals surface area contributed by atoms with Gasteiger partial charge >= 0.3 is 6.18 Å². The smallest absolute Gasteiger partial charge is 0.416 e. The molecule has 0 radical (unpaired) electrons. The molecule has 1 aliphatic rings. The van der Waals surface area contributed by atoms with Gasteiger partial charge in [-0.2, -0.15) is 13.2 Å². The molecule has 0 bridgehead atoms. The van der Waals surface area contributed by atoms with Crippen molar-refractivity contribution in [3.05, 3.63) is 59.4 Å². The summed E-state index contributed by atoms with van der Waals surface area (Å²) in [6, 6.07) is 8.55. The molecule has 2 aromatic rings. The summed E-state index contributed by atoms with van der Waals surface area (Å²) in [6.07, 6.45) is -0.492. The normalized spacial score (nSPS) is 17.7. The first-order valence-corrected chi connectivity index (χ1v) is 8.94. The first-order chi connectivity index (χ1) is 12.8. The minimum absolute atomic E-state index is 0.00796. The summed E-state index contributed by atoms with van der Waals surface area (Å²) in [5, 5.41) is 9.28. The average molecular weight is 378 g/mol. The fourth-order valence-electron chi connectivity index (χ4n) is 3.53. The van der Waals surface area contributed by atoms with Crippen LogP contribution in [0.5, 0.6) is 5.75 Å². The van der Waals surface area contributed by atoms with Crippen LogP contribution in [-0.4, -0.2) is 34.0 Å². The number of rotatable bonds is 4. The van der Waals surface area contributed by atoms with Crippen LogP contribution >= 0.6 is 0 Å². The van der Waals surface area contributed by atoms with Crippen LogP contribution in [0.25, 0.3) is 0 Å². The Hall–Kier alpha value is -2.57. The maximum Gasteiger partial charge on any atom is 0.416 e. The number of benzene rings is 1. The fraction of sp³-hybridized carbons (Fsp3) is 0.400. The number of hydrogen-bond donors (Lipinski definition) is 1. The van der Waals surface area contributed by atoms with E-state index in [0.717, 1.165) is 18.9 Å². The van der Waals surface area contributed by atoms with Gasteiger partial charge in [-0.05, 0) is 55.4 Å². The number of aromatic nitrogens is 1. The van der Waals surface area contributed by atoms with E-state index in [9.17, 15) is 23.1 Å². The summed E-state index contributed by atoms with van der Waals surface area (Å²) in [4.78, 5) is 18.2. The van der Waals surface area contributed by atoms with E-state index in [1.807, 2.05) is 0 Å². The van der Waals surface area contributed by atoms with E-state index in [1.165, 1.54) is 30.5 Å². The summed E-state index contributed by atoms with van der Waals surface area (Å²) < 4.78 is 39.4. The van der Waals surface area contributed by atoms with Crippen molar-refractivity contribution in [3.63, 3.8) is 0 Å². The molecule has 0 spiro atoms. The molecule has 1 amide bonds. The Bertz CT molecular complexity index is 791. The minimum atomic E-state index is -4.35. The van der Waals surface area contributed by atoms with Crippen LogP contribution < -0.4 is 0 Å². The van der Waals surface area contributed by atoms with Gasteiger partial charge in [0.2, 0.25) is 0 Å². The highest BCUT2D eigenvalue weighted by molar-refractivity contribution is 5.92. The van der Waals surface area contributed by atoms with E-state index in [1.54, 1.807) is 11.0 Å². The summed E-state index contributed by atoms with van der Waals surface area (Å²) in [6.45, 7) is 1.12. The molecule has 27 heavy (non-hydrogen) atoms. The van der Waals surface area contributed by atoms with Crippen molar-refractivity contribution in [2.75, 3.05) is 13.1 Å². The number of carbonyl (C=O) groups is 1. The van der Waals surface area contributed by atoms with Gasteiger partial charge in [0.05, 0.1) is 11.8 Å². The minimum Gasteiger partial charge on any atom is -0.506 e. The third-order valence-corrected chi connectivity index (χ3v) is 4.92. The molecule has 0 saturated carbocycles. The lowest BCUT2D eigenvalue weighted by atomic mass is 9.90. The number of nitrogens with zero attached hydrogens (tertiary/aromatic N) is 2. The van der Waals surface area contributed by atoms with Crippen LogP contribution in [0.3, 0.4) is 0 Å². The highest BCUT2D eigenvalue weighted by Gasteiger charge is 2.33. The second kappa shape index (κ2) is 7.98. The average Bonchev–Trinajstić information content (AvgIpc) is 2.66. The molecule has 1 saturated heterocycles. The summed E-state index contributed by atoms with van der Waals surface area (Å²) >= 11 is 0. The molecule has 1 unspecified atom stereocenters. The second-order valence-corrected chi connectivity index (χ2v) is 6.85. The number of carbonyl (C=O) groups excluding carboxylic acids is 1. The van der Waals surface area contributed by atoms with E-state index in [-0.39, 0.29) is 23.3 Å². The quantitative estimate of drug-likeness (QED) is 0.864. The number of hydrogen-bond acceptors (Lipinski definition) is 3. The van der Waals surface area contributed by atoms with E-state index < -0.39 is 11.7 Å². The molecule has 1 aromatic heterocycles. The van der Waals surface area contributed by atoms with Gasteiger partial charge < -0.3 is 10.0 Å². The van der Waals surface area contributed by atoms with Gasteiger partial charge in [-0.15, -0.1) is 0 Å². The molecule has 7 heteroatoms. The van der Waals surface area contributed by atoms with E-state index in [2.05, 4.69) is 4.98 Å². The largest absolute Gasteiger partial charge is 0.506 e. The van der Waals surface area contributed by atoms with Gasteiger partial charge in [0.15, 0.2) is 0 Å². The van der Waals surface area contributed by atoms with Crippen molar-refractivity contribution in [2.24, 2.45) is 5.92 Å². The zero-order valence-corrected chi connectivity index (χ0v) is 14.7. The van der Waals surface area contributed by atoms with Gasteiger partial charge in [-0.25, -0.2) is 4.98 Å². The van der Waals surface area contributed by atoms with Gasteiger partial charge in [-0.1, -0.05) is 18.2 Å².